The molecule has 1 aromatic heterocycles. The Morgan fingerprint density at radius 2 is 2.29 bits per heavy atom. The first-order chi connectivity index (χ1) is 7.96. The van der Waals surface area contributed by atoms with Gasteiger partial charge in [0.25, 0.3) is 0 Å². The number of aromatic carboxylic acids is 1. The fraction of sp³-hybridized carbons (Fsp3) is 0.583. The van der Waals surface area contributed by atoms with E-state index in [0.29, 0.717) is 18.9 Å². The molecule has 94 valence electrons. The maximum atomic E-state index is 10.7. The van der Waals surface area contributed by atoms with Gasteiger partial charge in [-0.1, -0.05) is 0 Å². The molecule has 0 bridgehead atoms. The van der Waals surface area contributed by atoms with Crippen molar-refractivity contribution in [3.63, 3.8) is 0 Å². The zero-order chi connectivity index (χ0) is 12.5. The van der Waals surface area contributed by atoms with Crippen LogP contribution in [0.1, 0.15) is 30.2 Å². The van der Waals surface area contributed by atoms with Gasteiger partial charge in [-0.2, -0.15) is 0 Å². The van der Waals surface area contributed by atoms with Crippen LogP contribution >= 0.6 is 0 Å². The van der Waals surface area contributed by atoms with Gasteiger partial charge in [-0.25, -0.2) is 4.79 Å². The molecule has 1 aromatic rings. The highest BCUT2D eigenvalue weighted by atomic mass is 16.5. The topological polar surface area (TPSA) is 62.9 Å². The van der Waals surface area contributed by atoms with Crippen LogP contribution < -0.4 is 0 Å². The number of ether oxygens (including phenoxy) is 1. The fourth-order valence-corrected chi connectivity index (χ4v) is 2.05. The number of morpholine rings is 1. The van der Waals surface area contributed by atoms with Gasteiger partial charge in [0.2, 0.25) is 5.76 Å². The number of hydrogen-bond donors (Lipinski definition) is 1. The van der Waals surface area contributed by atoms with Crippen LogP contribution in [0.25, 0.3) is 0 Å². The molecule has 1 aliphatic rings. The lowest BCUT2D eigenvalue weighted by molar-refractivity contribution is -0.0894. The molecule has 2 heterocycles. The first-order valence-corrected chi connectivity index (χ1v) is 5.65. The van der Waals surface area contributed by atoms with Crippen molar-refractivity contribution >= 4 is 5.97 Å². The van der Waals surface area contributed by atoms with Crippen LogP contribution in [0.2, 0.25) is 0 Å². The van der Waals surface area contributed by atoms with E-state index in [1.165, 1.54) is 6.07 Å². The summed E-state index contributed by atoms with van der Waals surface area (Å²) in [5.41, 5.74) is -0.152. The number of carbonyl (C=O) groups is 1. The van der Waals surface area contributed by atoms with E-state index in [9.17, 15) is 4.79 Å². The number of furan rings is 1. The number of hydrogen-bond acceptors (Lipinski definition) is 4. The Bertz CT molecular complexity index is 410. The fourth-order valence-electron chi connectivity index (χ4n) is 2.05. The van der Waals surface area contributed by atoms with E-state index in [4.69, 9.17) is 14.3 Å². The Kier molecular flexibility index (Phi) is 3.22. The van der Waals surface area contributed by atoms with Crippen LogP contribution in [0.3, 0.4) is 0 Å². The standard InChI is InChI=1S/C12H17NO4/c1-12(2)8-13(5-6-16-12)7-9-3-4-10(17-9)11(14)15/h3-4H,5-8H2,1-2H3,(H,14,15). The molecule has 1 N–H and O–H groups in total. The van der Waals surface area contributed by atoms with Crippen molar-refractivity contribution < 1.29 is 19.1 Å². The molecule has 1 saturated heterocycles. The summed E-state index contributed by atoms with van der Waals surface area (Å²) in [5, 5.41) is 8.76. The van der Waals surface area contributed by atoms with E-state index < -0.39 is 5.97 Å². The monoisotopic (exact) mass is 239 g/mol. The summed E-state index contributed by atoms with van der Waals surface area (Å²) >= 11 is 0. The van der Waals surface area contributed by atoms with Crippen molar-refractivity contribution in [1.82, 2.24) is 4.90 Å². The van der Waals surface area contributed by atoms with Crippen LogP contribution in [-0.4, -0.2) is 41.3 Å². The minimum Gasteiger partial charge on any atom is -0.475 e. The highest BCUT2D eigenvalue weighted by Crippen LogP contribution is 2.19. The molecule has 0 radical (unpaired) electrons. The molecule has 1 fully saturated rings. The summed E-state index contributed by atoms with van der Waals surface area (Å²) in [4.78, 5) is 12.9. The molecule has 0 aliphatic carbocycles. The number of nitrogens with zero attached hydrogens (tertiary/aromatic N) is 1. The number of rotatable bonds is 3. The third-order valence-electron chi connectivity index (χ3n) is 2.76. The van der Waals surface area contributed by atoms with Gasteiger partial charge in [0, 0.05) is 13.1 Å². The van der Waals surface area contributed by atoms with Crippen LogP contribution in [0.15, 0.2) is 16.5 Å². The molecule has 0 unspecified atom stereocenters. The first-order valence-electron chi connectivity index (χ1n) is 5.65. The lowest BCUT2D eigenvalue weighted by Crippen LogP contribution is -2.47. The van der Waals surface area contributed by atoms with E-state index >= 15 is 0 Å². The van der Waals surface area contributed by atoms with Gasteiger partial charge in [-0.15, -0.1) is 0 Å². The molecule has 5 nitrogen and oxygen atoms in total. The van der Waals surface area contributed by atoms with E-state index in [1.807, 2.05) is 13.8 Å². The summed E-state index contributed by atoms with van der Waals surface area (Å²) in [6, 6.07) is 3.20. The van der Waals surface area contributed by atoms with Crippen molar-refractivity contribution in [2.24, 2.45) is 0 Å². The molecule has 0 atom stereocenters. The van der Waals surface area contributed by atoms with Crippen molar-refractivity contribution in [3.05, 3.63) is 23.7 Å². The Morgan fingerprint density at radius 1 is 1.53 bits per heavy atom. The zero-order valence-corrected chi connectivity index (χ0v) is 10.1. The lowest BCUT2D eigenvalue weighted by atomic mass is 10.1. The summed E-state index contributed by atoms with van der Waals surface area (Å²) in [6.45, 7) is 7.07. The van der Waals surface area contributed by atoms with Gasteiger partial charge in [-0.3, -0.25) is 4.90 Å². The van der Waals surface area contributed by atoms with Crippen LogP contribution in [0.4, 0.5) is 0 Å². The van der Waals surface area contributed by atoms with Crippen LogP contribution in [0.5, 0.6) is 0 Å². The molecular formula is C12H17NO4. The highest BCUT2D eigenvalue weighted by Gasteiger charge is 2.27. The molecule has 17 heavy (non-hydrogen) atoms. The summed E-state index contributed by atoms with van der Waals surface area (Å²) in [5.74, 6) is -0.355. The van der Waals surface area contributed by atoms with Crippen molar-refractivity contribution in [1.29, 1.82) is 0 Å². The Balaban J connectivity index is 1.98. The van der Waals surface area contributed by atoms with Gasteiger partial charge in [0.05, 0.1) is 18.8 Å². The smallest absolute Gasteiger partial charge is 0.371 e. The number of carboxylic acid groups (broad SMARTS) is 1. The van der Waals surface area contributed by atoms with Crippen molar-refractivity contribution in [3.8, 4) is 0 Å². The third-order valence-corrected chi connectivity index (χ3v) is 2.76. The van der Waals surface area contributed by atoms with Crippen molar-refractivity contribution in [2.45, 2.75) is 26.0 Å². The average Bonchev–Trinajstić information content (AvgIpc) is 2.64. The number of carboxylic acids is 1. The Morgan fingerprint density at radius 3 is 2.88 bits per heavy atom. The van der Waals surface area contributed by atoms with E-state index in [1.54, 1.807) is 6.07 Å². The van der Waals surface area contributed by atoms with Crippen molar-refractivity contribution in [2.75, 3.05) is 19.7 Å². The summed E-state index contributed by atoms with van der Waals surface area (Å²) < 4.78 is 10.8. The maximum absolute atomic E-state index is 10.7. The molecule has 0 aromatic carbocycles. The first kappa shape index (κ1) is 12.1. The van der Waals surface area contributed by atoms with Gasteiger partial charge < -0.3 is 14.3 Å². The molecule has 0 saturated carbocycles. The summed E-state index contributed by atoms with van der Waals surface area (Å²) in [6.07, 6.45) is 0. The van der Waals surface area contributed by atoms with E-state index in [2.05, 4.69) is 4.90 Å². The maximum Gasteiger partial charge on any atom is 0.371 e. The molecular weight excluding hydrogens is 222 g/mol. The van der Waals surface area contributed by atoms with E-state index in [0.717, 1.165) is 13.1 Å². The van der Waals surface area contributed by atoms with E-state index in [-0.39, 0.29) is 11.4 Å². The predicted molar refractivity (Wildman–Crippen MR) is 61.0 cm³/mol. The normalized spacial score (nSPS) is 20.4. The molecule has 2 rings (SSSR count). The zero-order valence-electron chi connectivity index (χ0n) is 10.1. The second-order valence-electron chi connectivity index (χ2n) is 4.89. The highest BCUT2D eigenvalue weighted by molar-refractivity contribution is 5.84. The quantitative estimate of drug-likeness (QED) is 0.867. The molecule has 1 aliphatic heterocycles. The van der Waals surface area contributed by atoms with Gasteiger partial charge >= 0.3 is 5.97 Å². The van der Waals surface area contributed by atoms with Crippen LogP contribution in [-0.2, 0) is 11.3 Å². The van der Waals surface area contributed by atoms with Gasteiger partial charge in [0.15, 0.2) is 0 Å². The molecule has 0 spiro atoms. The summed E-state index contributed by atoms with van der Waals surface area (Å²) in [7, 11) is 0. The van der Waals surface area contributed by atoms with Gasteiger partial charge in [-0.05, 0) is 26.0 Å². The predicted octanol–water partition coefficient (Wildman–Crippen LogP) is 1.59. The SMILES string of the molecule is CC1(C)CN(Cc2ccc(C(=O)O)o2)CCO1. The second kappa shape index (κ2) is 4.50. The third kappa shape index (κ3) is 3.08. The largest absolute Gasteiger partial charge is 0.475 e. The lowest BCUT2D eigenvalue weighted by Gasteiger charge is -2.37. The Hall–Kier alpha value is -1.33. The average molecular weight is 239 g/mol. The second-order valence-corrected chi connectivity index (χ2v) is 4.89. The minimum absolute atomic E-state index is 0.00693. The van der Waals surface area contributed by atoms with Crippen LogP contribution in [0, 0.1) is 0 Å². The Labute approximate surface area is 100.0 Å². The van der Waals surface area contributed by atoms with Gasteiger partial charge in [0.1, 0.15) is 5.76 Å². The molecule has 0 amide bonds. The molecule has 5 heteroatoms. The minimum atomic E-state index is -1.03.